The predicted octanol–water partition coefficient (Wildman–Crippen LogP) is 4.76. The molecule has 1 fully saturated rings. The Labute approximate surface area is 393 Å². The van der Waals surface area contributed by atoms with Crippen molar-refractivity contribution in [3.63, 3.8) is 0 Å². The molecular weight excluding hydrogens is 849 g/mol. The van der Waals surface area contributed by atoms with Crippen molar-refractivity contribution in [3.05, 3.63) is 0 Å². The molecule has 64 heavy (non-hydrogen) atoms. The van der Waals surface area contributed by atoms with E-state index in [4.69, 9.17) is 39.4 Å². The van der Waals surface area contributed by atoms with E-state index in [0.29, 0.717) is 26.2 Å². The zero-order valence-corrected chi connectivity index (χ0v) is 44.8. The number of rotatable bonds is 25. The summed E-state index contributed by atoms with van der Waals surface area (Å²) in [5.41, 5.74) is -3.67. The van der Waals surface area contributed by atoms with E-state index in [2.05, 4.69) is 35.1 Å². The minimum absolute atomic E-state index is 0.0557. The van der Waals surface area contributed by atoms with E-state index in [1.165, 1.54) is 6.92 Å². The van der Waals surface area contributed by atoms with Gasteiger partial charge in [-0.25, -0.2) is 4.79 Å². The molecule has 0 aromatic carbocycles. The van der Waals surface area contributed by atoms with Gasteiger partial charge in [-0.3, -0.25) is 14.9 Å². The summed E-state index contributed by atoms with van der Waals surface area (Å²) >= 11 is 1.74. The van der Waals surface area contributed by atoms with Crippen molar-refractivity contribution in [3.8, 4) is 0 Å². The van der Waals surface area contributed by atoms with Crippen LogP contribution in [0.2, 0.25) is 0 Å². The maximum Gasteiger partial charge on any atom is 0.315 e. The fourth-order valence-corrected chi connectivity index (χ4v) is 6.15. The number of aliphatic hydroxyl groups is 6. The first-order valence-corrected chi connectivity index (χ1v) is 24.0. The van der Waals surface area contributed by atoms with Crippen LogP contribution in [-0.4, -0.2) is 168 Å². The van der Waals surface area contributed by atoms with Crippen molar-refractivity contribution < 1.29 is 64.0 Å². The van der Waals surface area contributed by atoms with Crippen LogP contribution in [0, 0.1) is 10.8 Å². The molecule has 0 radical (unpaired) electrons. The van der Waals surface area contributed by atoms with E-state index in [0.717, 1.165) is 45.0 Å². The van der Waals surface area contributed by atoms with Crippen LogP contribution in [0.1, 0.15) is 149 Å². The number of thioether (sulfide) groups is 1. The Hall–Kier alpha value is -1.84. The first-order chi connectivity index (χ1) is 29.5. The van der Waals surface area contributed by atoms with Crippen LogP contribution < -0.4 is 21.3 Å². The number of ether oxygens (including phenoxy) is 4. The second kappa shape index (κ2) is 37.2. The predicted molar refractivity (Wildman–Crippen MR) is 260 cm³/mol. The van der Waals surface area contributed by atoms with Gasteiger partial charge < -0.3 is 65.5 Å². The molecule has 2 unspecified atom stereocenters. The molecule has 388 valence electrons. The molecule has 10 N–H and O–H groups in total. The molecule has 1 rings (SSSR count). The SMILES string of the molecule is CC.CCOC(C)(CO)[C@H](C)O.CC[C@@](C)(NC(C)=O)C(C)(C)COCC(C)(C)[C@@](C)(O)C(C)O.CNCOC(=O)CCCCC[C@H]1NC(=O)N[C@H]1CSC.CO.COC(C)(C)CO. The molecule has 0 aromatic heterocycles. The lowest BCUT2D eigenvalue weighted by Gasteiger charge is -2.46. The first kappa shape index (κ1) is 71.2. The molecule has 17 nitrogen and oxygen atoms in total. The number of hydrogen-bond donors (Lipinski definition) is 10. The number of carbonyl (C=O) groups excluding carboxylic acids is 3. The Morgan fingerprint density at radius 3 is 1.72 bits per heavy atom. The highest BCUT2D eigenvalue weighted by Gasteiger charge is 2.45. The lowest BCUT2D eigenvalue weighted by Crippen LogP contribution is -2.57. The fourth-order valence-electron chi connectivity index (χ4n) is 5.48. The summed E-state index contributed by atoms with van der Waals surface area (Å²) in [4.78, 5) is 34.1. The normalized spacial score (nSPS) is 18.4. The second-order valence-corrected chi connectivity index (χ2v) is 19.0. The third-order valence-electron chi connectivity index (χ3n) is 11.6. The summed E-state index contributed by atoms with van der Waals surface area (Å²) in [6.07, 6.45) is 5.58. The summed E-state index contributed by atoms with van der Waals surface area (Å²) in [5, 5.41) is 65.4. The van der Waals surface area contributed by atoms with Crippen molar-refractivity contribution >= 4 is 29.7 Å². The number of hydrogen-bond acceptors (Lipinski definition) is 15. The summed E-state index contributed by atoms with van der Waals surface area (Å²) in [7, 11) is 4.32. The maximum atomic E-state index is 11.5. The van der Waals surface area contributed by atoms with Crippen molar-refractivity contribution in [2.45, 2.75) is 196 Å². The number of unbranched alkanes of at least 4 members (excludes halogenated alkanes) is 2. The molecule has 3 amide bonds. The van der Waals surface area contributed by atoms with E-state index in [9.17, 15) is 24.6 Å². The molecule has 1 aliphatic rings. The van der Waals surface area contributed by atoms with Crippen LogP contribution in [0.5, 0.6) is 0 Å². The maximum absolute atomic E-state index is 11.5. The molecule has 18 heteroatoms. The van der Waals surface area contributed by atoms with Gasteiger partial charge in [0.05, 0.1) is 61.9 Å². The Bertz CT molecular complexity index is 1170. The highest BCUT2D eigenvalue weighted by molar-refractivity contribution is 7.98. The largest absolute Gasteiger partial charge is 0.450 e. The van der Waals surface area contributed by atoms with E-state index in [-0.39, 0.29) is 66.5 Å². The molecule has 0 saturated carbocycles. The van der Waals surface area contributed by atoms with E-state index in [1.807, 2.05) is 68.6 Å². The quantitative estimate of drug-likeness (QED) is 0.0337. The second-order valence-electron chi connectivity index (χ2n) is 18.1. The number of aliphatic hydroxyl groups excluding tert-OH is 5. The van der Waals surface area contributed by atoms with E-state index < -0.39 is 28.8 Å². The summed E-state index contributed by atoms with van der Waals surface area (Å²) in [5.74, 6) is 0.718. The highest BCUT2D eigenvalue weighted by atomic mass is 32.2. The van der Waals surface area contributed by atoms with E-state index in [1.54, 1.807) is 53.6 Å². The Morgan fingerprint density at radius 1 is 0.844 bits per heavy atom. The fraction of sp³-hybridized carbons (Fsp3) is 0.935. The van der Waals surface area contributed by atoms with Gasteiger partial charge in [0, 0.05) is 56.3 Å². The Morgan fingerprint density at radius 2 is 1.36 bits per heavy atom. The van der Waals surface area contributed by atoms with Crippen molar-refractivity contribution in [2.24, 2.45) is 10.8 Å². The topological polar surface area (TPSA) is 258 Å². The smallest absolute Gasteiger partial charge is 0.315 e. The molecule has 1 heterocycles. The number of urea groups is 1. The molecular formula is C46H100N4O13S. The van der Waals surface area contributed by atoms with Crippen molar-refractivity contribution in [1.29, 1.82) is 0 Å². The number of nitrogens with one attached hydrogen (secondary N) is 4. The minimum Gasteiger partial charge on any atom is -0.450 e. The van der Waals surface area contributed by atoms with Crippen molar-refractivity contribution in [1.82, 2.24) is 21.3 Å². The van der Waals surface area contributed by atoms with Gasteiger partial charge in [0.25, 0.3) is 0 Å². The van der Waals surface area contributed by atoms with Gasteiger partial charge >= 0.3 is 12.0 Å². The molecule has 0 spiro atoms. The molecule has 0 bridgehead atoms. The number of carbonyl (C=O) groups is 3. The highest BCUT2D eigenvalue weighted by Crippen LogP contribution is 2.37. The van der Waals surface area contributed by atoms with Gasteiger partial charge in [-0.1, -0.05) is 61.3 Å². The van der Waals surface area contributed by atoms with Crippen molar-refractivity contribution in [2.75, 3.05) is 73.0 Å². The Balaban J connectivity index is -0.000000255. The van der Waals surface area contributed by atoms with Crippen LogP contribution in [0.15, 0.2) is 0 Å². The molecule has 7 atom stereocenters. The van der Waals surface area contributed by atoms with E-state index >= 15 is 0 Å². The summed E-state index contributed by atoms with van der Waals surface area (Å²) < 4.78 is 20.8. The van der Waals surface area contributed by atoms with Gasteiger partial charge in [0.2, 0.25) is 5.91 Å². The standard InChI is InChI=1S/C18H37NO4.C13H25N3O3S.C7H16O3.C5H12O2.C2H6.CH4O/c1-10-17(8,19-14(3)21)15(4,5)11-23-12-16(6,7)18(9,22)13(2)20;1-14-9-19-12(17)7-5-3-4-6-10-11(8-20-2)16-13(18)15-10;1-4-10-7(3,5-8)6(2)9;1-5(2,4-6)7-3;2*1-2/h13,20,22H,10-12H2,1-9H3,(H,19,21);10-11,14H,3-9H2,1-2H3,(H2,15,16,18);6,8-9H,4-5H2,1-3H3;6H,4H2,1-3H3;1-2H3;2H,1H3/t13?,17-,18+;10-,11+;6-,7?;;;/m110.../s1. The zero-order chi connectivity index (χ0) is 51.6. The average molecular weight is 949 g/mol. The van der Waals surface area contributed by atoms with Crippen LogP contribution in [-0.2, 0) is 28.5 Å². The van der Waals surface area contributed by atoms with Gasteiger partial charge in [-0.15, -0.1) is 0 Å². The van der Waals surface area contributed by atoms with Gasteiger partial charge in [0.15, 0.2) is 0 Å². The lowest BCUT2D eigenvalue weighted by molar-refractivity contribution is -0.157. The van der Waals surface area contributed by atoms with Gasteiger partial charge in [-0.2, -0.15) is 11.8 Å². The van der Waals surface area contributed by atoms with Crippen LogP contribution >= 0.6 is 11.8 Å². The van der Waals surface area contributed by atoms with Crippen LogP contribution in [0.4, 0.5) is 4.79 Å². The van der Waals surface area contributed by atoms with Crippen LogP contribution in [0.25, 0.3) is 0 Å². The molecule has 0 aromatic rings. The monoisotopic (exact) mass is 949 g/mol. The summed E-state index contributed by atoms with van der Waals surface area (Å²) in [6.45, 7) is 30.9. The molecule has 0 aliphatic carbocycles. The Kier molecular flexibility index (Phi) is 41.3. The third-order valence-corrected chi connectivity index (χ3v) is 12.3. The number of amides is 3. The average Bonchev–Trinajstić information content (AvgIpc) is 3.59. The molecule has 1 saturated heterocycles. The zero-order valence-electron chi connectivity index (χ0n) is 44.0. The first-order valence-electron chi connectivity index (χ1n) is 22.7. The van der Waals surface area contributed by atoms with Gasteiger partial charge in [-0.05, 0) is 88.0 Å². The van der Waals surface area contributed by atoms with Gasteiger partial charge in [0.1, 0.15) is 12.3 Å². The molecule has 1 aliphatic heterocycles. The summed E-state index contributed by atoms with van der Waals surface area (Å²) in [6, 6.07) is 0.369. The number of methoxy groups -OCH3 is 1. The lowest BCUT2D eigenvalue weighted by atomic mass is 9.71. The third kappa shape index (κ3) is 29.7. The minimum atomic E-state index is -1.25. The number of esters is 1. The van der Waals surface area contributed by atoms with Crippen LogP contribution in [0.3, 0.4) is 0 Å².